The normalized spacial score (nSPS) is 19.6. The van der Waals surface area contributed by atoms with E-state index in [4.69, 9.17) is 30.4 Å². The highest BCUT2D eigenvalue weighted by Gasteiger charge is 2.54. The number of methoxy groups -OCH3 is 1. The van der Waals surface area contributed by atoms with Crippen LogP contribution in [0.1, 0.15) is 52.4 Å². The van der Waals surface area contributed by atoms with Gasteiger partial charge in [0.05, 0.1) is 31.3 Å². The Kier molecular flexibility index (Phi) is 6.07. The Morgan fingerprint density at radius 3 is 2.36 bits per heavy atom. The van der Waals surface area contributed by atoms with Crippen LogP contribution in [0.15, 0.2) is 18.2 Å². The SMILES string of the molecule is CCOC(=O)CC(B1OC(C)(C)C(C)(C)O1)c1cc(Cl)ccc1OC. The summed E-state index contributed by atoms with van der Waals surface area (Å²) in [5.41, 5.74) is -0.242. The van der Waals surface area contributed by atoms with Crippen LogP contribution in [-0.2, 0) is 18.8 Å². The van der Waals surface area contributed by atoms with E-state index in [0.717, 1.165) is 5.56 Å². The maximum Gasteiger partial charge on any atom is 0.466 e. The van der Waals surface area contributed by atoms with Gasteiger partial charge in [0.15, 0.2) is 0 Å². The average molecular weight is 369 g/mol. The highest BCUT2D eigenvalue weighted by molar-refractivity contribution is 6.48. The van der Waals surface area contributed by atoms with Gasteiger partial charge in [0.25, 0.3) is 0 Å². The molecule has 0 bridgehead atoms. The number of rotatable bonds is 6. The van der Waals surface area contributed by atoms with Crippen molar-refractivity contribution in [1.82, 2.24) is 0 Å². The lowest BCUT2D eigenvalue weighted by Gasteiger charge is -2.32. The highest BCUT2D eigenvalue weighted by Crippen LogP contribution is 2.43. The first-order valence-electron chi connectivity index (χ1n) is 8.46. The van der Waals surface area contributed by atoms with Crippen LogP contribution >= 0.6 is 11.6 Å². The minimum absolute atomic E-state index is 0.112. The van der Waals surface area contributed by atoms with Gasteiger partial charge in [0, 0.05) is 10.8 Å². The molecule has 1 heterocycles. The van der Waals surface area contributed by atoms with Crippen LogP contribution in [0, 0.1) is 0 Å². The van der Waals surface area contributed by atoms with E-state index < -0.39 is 24.1 Å². The summed E-state index contributed by atoms with van der Waals surface area (Å²) >= 11 is 6.18. The fourth-order valence-electron chi connectivity index (χ4n) is 2.80. The Balaban J connectivity index is 2.41. The third kappa shape index (κ3) is 4.30. The molecule has 1 aliphatic rings. The van der Waals surface area contributed by atoms with E-state index in [1.807, 2.05) is 27.7 Å². The summed E-state index contributed by atoms with van der Waals surface area (Å²) in [7, 11) is 0.972. The number of carbonyl (C=O) groups is 1. The van der Waals surface area contributed by atoms with Crippen LogP contribution in [0.5, 0.6) is 5.75 Å². The molecule has 1 atom stereocenters. The molecule has 5 nitrogen and oxygen atoms in total. The van der Waals surface area contributed by atoms with Gasteiger partial charge in [-0.15, -0.1) is 0 Å². The molecule has 1 aromatic carbocycles. The lowest BCUT2D eigenvalue weighted by molar-refractivity contribution is -0.143. The molecule has 1 aliphatic heterocycles. The summed E-state index contributed by atoms with van der Waals surface area (Å²) in [4.78, 5) is 12.2. The first kappa shape index (κ1) is 20.1. The molecular weight excluding hydrogens is 342 g/mol. The maximum atomic E-state index is 12.2. The summed E-state index contributed by atoms with van der Waals surface area (Å²) < 4.78 is 22.9. The molecule has 1 fully saturated rings. The number of hydrogen-bond acceptors (Lipinski definition) is 5. The number of carbonyl (C=O) groups excluding carboxylic acids is 1. The van der Waals surface area contributed by atoms with Gasteiger partial charge in [0.2, 0.25) is 0 Å². The van der Waals surface area contributed by atoms with Crippen molar-refractivity contribution >= 4 is 24.7 Å². The summed E-state index contributed by atoms with van der Waals surface area (Å²) in [6.45, 7) is 10.0. The van der Waals surface area contributed by atoms with Crippen molar-refractivity contribution in [2.45, 2.75) is 58.1 Å². The molecule has 1 saturated heterocycles. The van der Waals surface area contributed by atoms with Crippen LogP contribution in [0.25, 0.3) is 0 Å². The van der Waals surface area contributed by atoms with Gasteiger partial charge in [0.1, 0.15) is 5.75 Å². The van der Waals surface area contributed by atoms with E-state index in [1.165, 1.54) is 0 Å². The van der Waals surface area contributed by atoms with E-state index in [-0.39, 0.29) is 12.4 Å². The van der Waals surface area contributed by atoms with E-state index in [9.17, 15) is 4.79 Å². The predicted octanol–water partition coefficient (Wildman–Crippen LogP) is 4.02. The van der Waals surface area contributed by atoms with Crippen molar-refractivity contribution in [3.8, 4) is 5.75 Å². The van der Waals surface area contributed by atoms with Crippen LogP contribution in [0.2, 0.25) is 5.02 Å². The fraction of sp³-hybridized carbons (Fsp3) is 0.611. The number of ether oxygens (including phenoxy) is 2. The number of halogens is 1. The molecule has 0 radical (unpaired) electrons. The van der Waals surface area contributed by atoms with Gasteiger partial charge < -0.3 is 18.8 Å². The van der Waals surface area contributed by atoms with Gasteiger partial charge in [-0.3, -0.25) is 4.79 Å². The molecule has 0 aromatic heterocycles. The molecule has 7 heteroatoms. The maximum absolute atomic E-state index is 12.2. The average Bonchev–Trinajstić information content (AvgIpc) is 2.73. The molecule has 1 unspecified atom stereocenters. The van der Waals surface area contributed by atoms with Crippen molar-refractivity contribution in [3.63, 3.8) is 0 Å². The molecule has 138 valence electrons. The Bertz CT molecular complexity index is 616. The quantitative estimate of drug-likeness (QED) is 0.561. The molecule has 2 rings (SSSR count). The second-order valence-corrected chi connectivity index (χ2v) is 7.56. The van der Waals surface area contributed by atoms with Crippen molar-refractivity contribution in [2.24, 2.45) is 0 Å². The van der Waals surface area contributed by atoms with E-state index in [0.29, 0.717) is 17.4 Å². The summed E-state index contributed by atoms with van der Waals surface area (Å²) in [5.74, 6) is -0.0774. The Morgan fingerprint density at radius 2 is 1.84 bits per heavy atom. The minimum atomic E-state index is -0.609. The van der Waals surface area contributed by atoms with Crippen LogP contribution < -0.4 is 4.74 Å². The third-order valence-corrected chi connectivity index (χ3v) is 5.12. The van der Waals surface area contributed by atoms with E-state index in [2.05, 4.69) is 0 Å². The Morgan fingerprint density at radius 1 is 1.24 bits per heavy atom. The van der Waals surface area contributed by atoms with Gasteiger partial charge in [-0.05, 0) is 58.4 Å². The molecule has 0 amide bonds. The second kappa shape index (κ2) is 7.56. The van der Waals surface area contributed by atoms with Crippen LogP contribution in [-0.4, -0.2) is 38.0 Å². The zero-order chi connectivity index (χ0) is 18.8. The largest absolute Gasteiger partial charge is 0.496 e. The van der Waals surface area contributed by atoms with Crippen molar-refractivity contribution in [3.05, 3.63) is 28.8 Å². The van der Waals surface area contributed by atoms with Crippen molar-refractivity contribution < 1.29 is 23.6 Å². The van der Waals surface area contributed by atoms with Crippen LogP contribution in [0.3, 0.4) is 0 Å². The smallest absolute Gasteiger partial charge is 0.466 e. The molecular formula is C18H26BClO5. The molecule has 0 spiro atoms. The zero-order valence-electron chi connectivity index (χ0n) is 15.7. The Labute approximate surface area is 155 Å². The first-order valence-corrected chi connectivity index (χ1v) is 8.83. The number of esters is 1. The van der Waals surface area contributed by atoms with Gasteiger partial charge >= 0.3 is 13.1 Å². The highest BCUT2D eigenvalue weighted by atomic mass is 35.5. The summed E-state index contributed by atoms with van der Waals surface area (Å²) in [6.07, 6.45) is 0.112. The number of benzene rings is 1. The first-order chi connectivity index (χ1) is 11.6. The van der Waals surface area contributed by atoms with E-state index in [1.54, 1.807) is 32.2 Å². The zero-order valence-corrected chi connectivity index (χ0v) is 16.5. The summed E-state index contributed by atoms with van der Waals surface area (Å²) in [5, 5.41) is 0.557. The molecule has 0 aliphatic carbocycles. The number of hydrogen-bond donors (Lipinski definition) is 0. The van der Waals surface area contributed by atoms with Gasteiger partial charge in [-0.2, -0.15) is 0 Å². The van der Waals surface area contributed by atoms with Gasteiger partial charge in [-0.1, -0.05) is 11.6 Å². The molecule has 25 heavy (non-hydrogen) atoms. The summed E-state index contributed by atoms with van der Waals surface area (Å²) in [6, 6.07) is 5.31. The standard InChI is InChI=1S/C18H26BClO5/c1-7-23-16(21)11-14(13-10-12(20)8-9-15(13)22-6)19-24-17(2,3)18(4,5)25-19/h8-10,14H,7,11H2,1-6H3. The monoisotopic (exact) mass is 368 g/mol. The second-order valence-electron chi connectivity index (χ2n) is 7.13. The topological polar surface area (TPSA) is 54.0 Å². The molecule has 1 aromatic rings. The predicted molar refractivity (Wildman–Crippen MR) is 98.1 cm³/mol. The van der Waals surface area contributed by atoms with Gasteiger partial charge in [-0.25, -0.2) is 0 Å². The fourth-order valence-corrected chi connectivity index (χ4v) is 2.98. The lowest BCUT2D eigenvalue weighted by atomic mass is 9.66. The van der Waals surface area contributed by atoms with E-state index >= 15 is 0 Å². The Hall–Kier alpha value is -1.24. The van der Waals surface area contributed by atoms with Crippen molar-refractivity contribution in [1.29, 1.82) is 0 Å². The molecule has 0 N–H and O–H groups in total. The van der Waals surface area contributed by atoms with Crippen molar-refractivity contribution in [2.75, 3.05) is 13.7 Å². The lowest BCUT2D eigenvalue weighted by Crippen LogP contribution is -2.41. The van der Waals surface area contributed by atoms with Crippen LogP contribution in [0.4, 0.5) is 0 Å². The molecule has 0 saturated carbocycles. The minimum Gasteiger partial charge on any atom is -0.496 e. The third-order valence-electron chi connectivity index (χ3n) is 4.88.